The van der Waals surface area contributed by atoms with Crippen LogP contribution in [0.4, 0.5) is 5.69 Å². The maximum atomic E-state index is 12.7. The first-order valence-electron chi connectivity index (χ1n) is 11.3. The van der Waals surface area contributed by atoms with E-state index in [-0.39, 0.29) is 17.9 Å². The molecule has 0 radical (unpaired) electrons. The van der Waals surface area contributed by atoms with Gasteiger partial charge in [-0.3, -0.25) is 4.90 Å². The van der Waals surface area contributed by atoms with Gasteiger partial charge in [0.05, 0.1) is 45.3 Å². The third-order valence-corrected chi connectivity index (χ3v) is 7.81. The van der Waals surface area contributed by atoms with Gasteiger partial charge in [0.2, 0.25) is 0 Å². The second kappa shape index (κ2) is 7.80. The smallest absolute Gasteiger partial charge is 0.337 e. The highest BCUT2D eigenvalue weighted by Crippen LogP contribution is 2.59. The summed E-state index contributed by atoms with van der Waals surface area (Å²) in [6.07, 6.45) is 4.20. The number of para-hydroxylation sites is 1. The lowest BCUT2D eigenvalue weighted by molar-refractivity contribution is -0.297. The van der Waals surface area contributed by atoms with Crippen molar-refractivity contribution in [1.29, 1.82) is 0 Å². The molecule has 31 heavy (non-hydrogen) atoms. The van der Waals surface area contributed by atoms with E-state index in [1.54, 1.807) is 13.4 Å². The van der Waals surface area contributed by atoms with Crippen molar-refractivity contribution < 1.29 is 23.7 Å². The number of fused-ring (bicyclic) bond motifs is 2. The van der Waals surface area contributed by atoms with Gasteiger partial charge in [-0.05, 0) is 30.7 Å². The molecular formula is C24H32N2O5. The number of anilines is 1. The predicted octanol–water partition coefficient (Wildman–Crippen LogP) is 2.87. The Morgan fingerprint density at radius 3 is 2.87 bits per heavy atom. The number of hydrogen-bond donors (Lipinski definition) is 1. The standard InChI is InChI=1S/C24H32N2O5/c1-4-16-14-26-10-9-23-19-7-5-6-8-20(19)25-24(23,31-12-11-30-23)21(26)13-17(16)18(15-28-2)22(27)29-3/h5-8,15-17,21,25H,4,9-14H2,1-3H3/b18-15+/t16-,17+,21+,23+,24+/m1/s1. The van der Waals surface area contributed by atoms with Crippen molar-refractivity contribution in [2.45, 2.75) is 43.6 Å². The number of carbonyl (C=O) groups is 1. The summed E-state index contributed by atoms with van der Waals surface area (Å²) in [7, 11) is 3.01. The highest BCUT2D eigenvalue weighted by atomic mass is 16.6. The van der Waals surface area contributed by atoms with Gasteiger partial charge in [-0.15, -0.1) is 0 Å². The summed E-state index contributed by atoms with van der Waals surface area (Å²) < 4.78 is 23.6. The normalized spacial score (nSPS) is 37.0. The quantitative estimate of drug-likeness (QED) is 0.449. The number of carbonyl (C=O) groups excluding carboxylic acids is 1. The van der Waals surface area contributed by atoms with Crippen LogP contribution in [0.2, 0.25) is 0 Å². The van der Waals surface area contributed by atoms with E-state index in [9.17, 15) is 4.79 Å². The Kier molecular flexibility index (Phi) is 5.23. The molecule has 0 bridgehead atoms. The van der Waals surface area contributed by atoms with Crippen LogP contribution in [0.1, 0.15) is 31.7 Å². The number of methoxy groups -OCH3 is 2. The van der Waals surface area contributed by atoms with E-state index in [1.807, 2.05) is 6.07 Å². The van der Waals surface area contributed by atoms with E-state index >= 15 is 0 Å². The number of ether oxygens (including phenoxy) is 4. The Balaban J connectivity index is 1.57. The molecular weight excluding hydrogens is 396 g/mol. The van der Waals surface area contributed by atoms with Gasteiger partial charge in [-0.25, -0.2) is 4.79 Å². The van der Waals surface area contributed by atoms with E-state index in [0.29, 0.717) is 24.7 Å². The highest BCUT2D eigenvalue weighted by molar-refractivity contribution is 5.88. The van der Waals surface area contributed by atoms with Crippen LogP contribution in [0.3, 0.4) is 0 Å². The number of rotatable bonds is 4. The predicted molar refractivity (Wildman–Crippen MR) is 115 cm³/mol. The maximum Gasteiger partial charge on any atom is 0.337 e. The first-order chi connectivity index (χ1) is 15.1. The molecule has 1 aromatic rings. The summed E-state index contributed by atoms with van der Waals surface area (Å²) >= 11 is 0. The minimum absolute atomic E-state index is 0.0277. The number of esters is 1. The first kappa shape index (κ1) is 20.8. The Bertz CT molecular complexity index is 888. The number of hydrogen-bond acceptors (Lipinski definition) is 7. The Morgan fingerprint density at radius 2 is 2.10 bits per heavy atom. The third-order valence-electron chi connectivity index (χ3n) is 7.81. The molecule has 0 aliphatic carbocycles. The van der Waals surface area contributed by atoms with Gasteiger partial charge in [0.25, 0.3) is 0 Å². The van der Waals surface area contributed by atoms with Crippen LogP contribution >= 0.6 is 0 Å². The largest absolute Gasteiger partial charge is 0.504 e. The fourth-order valence-electron chi connectivity index (χ4n) is 6.48. The van der Waals surface area contributed by atoms with Crippen molar-refractivity contribution in [3.05, 3.63) is 41.7 Å². The molecule has 1 N–H and O–H groups in total. The number of nitrogens with zero attached hydrogens (tertiary/aromatic N) is 1. The van der Waals surface area contributed by atoms with Gasteiger partial charge in [-0.1, -0.05) is 31.5 Å². The topological polar surface area (TPSA) is 69.3 Å². The maximum absolute atomic E-state index is 12.7. The molecule has 7 nitrogen and oxygen atoms in total. The zero-order chi connectivity index (χ0) is 21.6. The van der Waals surface area contributed by atoms with Gasteiger partial charge in [0.1, 0.15) is 5.60 Å². The Hall–Kier alpha value is -2.09. The molecule has 3 fully saturated rings. The molecule has 4 heterocycles. The van der Waals surface area contributed by atoms with Crippen molar-refractivity contribution >= 4 is 11.7 Å². The fourth-order valence-corrected chi connectivity index (χ4v) is 6.48. The monoisotopic (exact) mass is 428 g/mol. The van der Waals surface area contributed by atoms with Crippen molar-refractivity contribution in [3.8, 4) is 0 Å². The lowest BCUT2D eigenvalue weighted by Gasteiger charge is -2.61. The van der Waals surface area contributed by atoms with Crippen LogP contribution in [0, 0.1) is 11.8 Å². The summed E-state index contributed by atoms with van der Waals surface area (Å²) in [4.78, 5) is 15.2. The average molecular weight is 429 g/mol. The lowest BCUT2D eigenvalue weighted by atomic mass is 9.67. The average Bonchev–Trinajstić information content (AvgIpc) is 3.13. The third kappa shape index (κ3) is 2.86. The highest BCUT2D eigenvalue weighted by Gasteiger charge is 2.69. The molecule has 4 aliphatic heterocycles. The minimum Gasteiger partial charge on any atom is -0.504 e. The molecule has 0 aromatic heterocycles. The van der Waals surface area contributed by atoms with Crippen molar-refractivity contribution in [2.75, 3.05) is 45.8 Å². The zero-order valence-corrected chi connectivity index (χ0v) is 18.6. The van der Waals surface area contributed by atoms with E-state index in [0.717, 1.165) is 38.0 Å². The Labute approximate surface area is 183 Å². The molecule has 0 unspecified atom stereocenters. The second-order valence-corrected chi connectivity index (χ2v) is 9.00. The van der Waals surface area contributed by atoms with Gasteiger partial charge >= 0.3 is 5.97 Å². The van der Waals surface area contributed by atoms with Crippen molar-refractivity contribution in [2.24, 2.45) is 11.8 Å². The van der Waals surface area contributed by atoms with E-state index in [1.165, 1.54) is 12.7 Å². The molecule has 1 aromatic carbocycles. The van der Waals surface area contributed by atoms with Gasteiger partial charge in [0.15, 0.2) is 5.72 Å². The van der Waals surface area contributed by atoms with Crippen LogP contribution in [0.15, 0.2) is 36.1 Å². The fraction of sp³-hybridized carbons (Fsp3) is 0.625. The summed E-state index contributed by atoms with van der Waals surface area (Å²) in [6, 6.07) is 8.46. The second-order valence-electron chi connectivity index (χ2n) is 9.00. The first-order valence-corrected chi connectivity index (χ1v) is 11.3. The van der Waals surface area contributed by atoms with Crippen molar-refractivity contribution in [3.63, 3.8) is 0 Å². The molecule has 5 rings (SSSR count). The molecule has 0 amide bonds. The molecule has 4 aliphatic rings. The van der Waals surface area contributed by atoms with Crippen LogP contribution in [0.25, 0.3) is 0 Å². The molecule has 7 heteroatoms. The van der Waals surface area contributed by atoms with E-state index in [4.69, 9.17) is 18.9 Å². The van der Waals surface area contributed by atoms with Gasteiger partial charge in [0, 0.05) is 24.3 Å². The number of benzene rings is 1. The van der Waals surface area contributed by atoms with E-state index < -0.39 is 11.3 Å². The molecule has 0 spiro atoms. The summed E-state index contributed by atoms with van der Waals surface area (Å²) in [6.45, 7) is 5.17. The molecule has 5 atom stereocenters. The van der Waals surface area contributed by atoms with Crippen molar-refractivity contribution in [1.82, 2.24) is 4.90 Å². The number of piperidine rings is 2. The van der Waals surface area contributed by atoms with Crippen LogP contribution in [-0.2, 0) is 29.3 Å². The number of nitrogens with one attached hydrogen (secondary N) is 1. The van der Waals surface area contributed by atoms with Gasteiger partial charge in [-0.2, -0.15) is 0 Å². The van der Waals surface area contributed by atoms with Gasteiger partial charge < -0.3 is 24.3 Å². The molecule has 168 valence electrons. The summed E-state index contributed by atoms with van der Waals surface area (Å²) in [5, 5.41) is 3.75. The van der Waals surface area contributed by atoms with Crippen LogP contribution in [-0.4, -0.2) is 63.2 Å². The molecule has 0 saturated carbocycles. The van der Waals surface area contributed by atoms with Crippen LogP contribution < -0.4 is 5.32 Å². The summed E-state index contributed by atoms with van der Waals surface area (Å²) in [5.74, 6) is 0.0515. The Morgan fingerprint density at radius 1 is 1.29 bits per heavy atom. The van der Waals surface area contributed by atoms with E-state index in [2.05, 4.69) is 35.3 Å². The minimum atomic E-state index is -0.668. The summed E-state index contributed by atoms with van der Waals surface area (Å²) in [5.41, 5.74) is 1.70. The van der Waals surface area contributed by atoms with Crippen LogP contribution in [0.5, 0.6) is 0 Å². The zero-order valence-electron chi connectivity index (χ0n) is 18.6. The SMILES string of the molecule is CC[C@@H]1CN2CC[C@@]34OCCO[C@@]3(Nc3ccccc34)[C@@H]2C[C@@H]1/C(=C\OC)C(=O)OC. The molecule has 3 saturated heterocycles. The lowest BCUT2D eigenvalue weighted by Crippen LogP contribution is -2.75.